The molecule has 8 nitrogen and oxygen atoms in total. The molecule has 2 unspecified atom stereocenters. The predicted molar refractivity (Wildman–Crippen MR) is 79.5 cm³/mol. The van der Waals surface area contributed by atoms with Gasteiger partial charge in [0.25, 0.3) is 0 Å². The van der Waals surface area contributed by atoms with Gasteiger partial charge in [-0.15, -0.1) is 0 Å². The number of aromatic nitrogens is 2. The van der Waals surface area contributed by atoms with Gasteiger partial charge in [0.15, 0.2) is 0 Å². The number of nitrogens with zero attached hydrogens (tertiary/aromatic N) is 4. The van der Waals surface area contributed by atoms with Crippen molar-refractivity contribution in [3.63, 3.8) is 0 Å². The number of hydrogen-bond donors (Lipinski definition) is 1. The summed E-state index contributed by atoms with van der Waals surface area (Å²) in [6.07, 6.45) is 0. The Morgan fingerprint density at radius 1 is 1.62 bits per heavy atom. The second-order valence-electron chi connectivity index (χ2n) is 5.56. The molecule has 1 aromatic rings. The minimum absolute atomic E-state index is 0.0553. The highest BCUT2D eigenvalue weighted by Crippen LogP contribution is 2.27. The zero-order valence-electron chi connectivity index (χ0n) is 13.0. The third-order valence-electron chi connectivity index (χ3n) is 3.92. The number of anilines is 1. The monoisotopic (exact) mass is 297 g/mol. The summed E-state index contributed by atoms with van der Waals surface area (Å²) < 4.78 is 6.96. The number of aryl methyl sites for hydroxylation is 2. The molecule has 0 bridgehead atoms. The van der Waals surface area contributed by atoms with Crippen LogP contribution in [0.5, 0.6) is 0 Å². The molecule has 0 saturated carbocycles. The molecule has 8 heteroatoms. The molecule has 2 atom stereocenters. The smallest absolute Gasteiger partial charge is 0.333 e. The molecule has 118 valence electrons. The van der Waals surface area contributed by atoms with E-state index in [0.29, 0.717) is 24.1 Å². The normalized spacial score (nSPS) is 21.2. The molecule has 2 heterocycles. The molecule has 1 aliphatic rings. The van der Waals surface area contributed by atoms with Gasteiger partial charge in [-0.25, -0.2) is 4.68 Å². The average Bonchev–Trinajstić information content (AvgIpc) is 2.70. The molecule has 1 aromatic heterocycles. The number of morpholine rings is 1. The second-order valence-corrected chi connectivity index (χ2v) is 5.56. The van der Waals surface area contributed by atoms with Crippen LogP contribution in [0.1, 0.15) is 19.5 Å². The zero-order chi connectivity index (χ0) is 15.6. The van der Waals surface area contributed by atoms with E-state index in [2.05, 4.69) is 29.2 Å². The molecule has 1 fully saturated rings. The zero-order valence-corrected chi connectivity index (χ0v) is 13.0. The highest BCUT2D eigenvalue weighted by molar-refractivity contribution is 5.59. The van der Waals surface area contributed by atoms with Gasteiger partial charge in [0.1, 0.15) is 5.69 Å². The maximum Gasteiger partial charge on any atom is 0.333 e. The summed E-state index contributed by atoms with van der Waals surface area (Å²) >= 11 is 0. The topological polar surface area (TPSA) is 85.5 Å². The maximum absolute atomic E-state index is 11.1. The molecule has 1 saturated heterocycles. The van der Waals surface area contributed by atoms with E-state index in [4.69, 9.17) is 4.74 Å². The summed E-state index contributed by atoms with van der Waals surface area (Å²) in [4.78, 5) is 13.1. The summed E-state index contributed by atoms with van der Waals surface area (Å²) in [5, 5.41) is 18.4. The third kappa shape index (κ3) is 3.33. The molecule has 1 aliphatic heterocycles. The van der Waals surface area contributed by atoms with Crippen molar-refractivity contribution in [2.75, 3.05) is 31.6 Å². The molecule has 1 N–H and O–H groups in total. The standard InChI is InChI=1S/C13H23N5O3/c1-9(17-5-6-21-8-10(17)2)7-14-13-12(18(19)20)11(3)15-16(13)4/h9-10,14H,5-8H2,1-4H3. The molecule has 21 heavy (non-hydrogen) atoms. The number of hydrogen-bond acceptors (Lipinski definition) is 6. The molecule has 0 amide bonds. The summed E-state index contributed by atoms with van der Waals surface area (Å²) in [6.45, 7) is 8.88. The Bertz CT molecular complexity index is 516. The summed E-state index contributed by atoms with van der Waals surface area (Å²) in [6, 6.07) is 0.623. The Balaban J connectivity index is 2.04. The van der Waals surface area contributed by atoms with Crippen molar-refractivity contribution in [3.05, 3.63) is 15.8 Å². The lowest BCUT2D eigenvalue weighted by molar-refractivity contribution is -0.384. The van der Waals surface area contributed by atoms with Crippen molar-refractivity contribution in [3.8, 4) is 0 Å². The van der Waals surface area contributed by atoms with E-state index in [1.807, 2.05) is 0 Å². The molecular weight excluding hydrogens is 274 g/mol. The van der Waals surface area contributed by atoms with E-state index in [9.17, 15) is 10.1 Å². The van der Waals surface area contributed by atoms with E-state index in [0.717, 1.165) is 19.8 Å². The fourth-order valence-corrected chi connectivity index (χ4v) is 2.82. The summed E-state index contributed by atoms with van der Waals surface area (Å²) in [7, 11) is 1.71. The number of nitrogens with one attached hydrogen (secondary N) is 1. The van der Waals surface area contributed by atoms with Crippen molar-refractivity contribution in [1.29, 1.82) is 0 Å². The molecule has 0 aliphatic carbocycles. The van der Waals surface area contributed by atoms with Crippen LogP contribution in [-0.2, 0) is 11.8 Å². The van der Waals surface area contributed by atoms with E-state index in [-0.39, 0.29) is 16.7 Å². The van der Waals surface area contributed by atoms with E-state index in [1.165, 1.54) is 4.68 Å². The molecule has 0 spiro atoms. The van der Waals surface area contributed by atoms with Gasteiger partial charge >= 0.3 is 5.69 Å². The van der Waals surface area contributed by atoms with Gasteiger partial charge in [0, 0.05) is 32.2 Å². The largest absolute Gasteiger partial charge is 0.379 e. The number of rotatable bonds is 5. The van der Waals surface area contributed by atoms with Crippen LogP contribution in [0.2, 0.25) is 0 Å². The van der Waals surface area contributed by atoms with Crippen molar-refractivity contribution in [2.24, 2.45) is 7.05 Å². The van der Waals surface area contributed by atoms with Crippen LogP contribution in [0.25, 0.3) is 0 Å². The first-order valence-corrected chi connectivity index (χ1v) is 7.17. The van der Waals surface area contributed by atoms with Gasteiger partial charge in [-0.3, -0.25) is 15.0 Å². The fraction of sp³-hybridized carbons (Fsp3) is 0.769. The SMILES string of the molecule is Cc1nn(C)c(NCC(C)N2CCOCC2C)c1[N+](=O)[O-]. The average molecular weight is 297 g/mol. The molecule has 0 aromatic carbocycles. The van der Waals surface area contributed by atoms with E-state index in [1.54, 1.807) is 14.0 Å². The second kappa shape index (κ2) is 6.40. The summed E-state index contributed by atoms with van der Waals surface area (Å²) in [5.41, 5.74) is 0.483. The third-order valence-corrected chi connectivity index (χ3v) is 3.92. The Labute approximate surface area is 124 Å². The highest BCUT2D eigenvalue weighted by atomic mass is 16.6. The number of nitro groups is 1. The van der Waals surface area contributed by atoms with Crippen LogP contribution in [0.4, 0.5) is 11.5 Å². The van der Waals surface area contributed by atoms with Crippen LogP contribution in [0.15, 0.2) is 0 Å². The van der Waals surface area contributed by atoms with Crippen molar-refractivity contribution >= 4 is 11.5 Å². The van der Waals surface area contributed by atoms with Crippen molar-refractivity contribution < 1.29 is 9.66 Å². The van der Waals surface area contributed by atoms with Crippen LogP contribution >= 0.6 is 0 Å². The molecule has 0 radical (unpaired) electrons. The summed E-state index contributed by atoms with van der Waals surface area (Å²) in [5.74, 6) is 0.463. The first kappa shape index (κ1) is 15.7. The van der Waals surface area contributed by atoms with Crippen LogP contribution in [0.3, 0.4) is 0 Å². The highest BCUT2D eigenvalue weighted by Gasteiger charge is 2.27. The number of ether oxygens (including phenoxy) is 1. The van der Waals surface area contributed by atoms with Gasteiger partial charge in [-0.05, 0) is 20.8 Å². The minimum Gasteiger partial charge on any atom is -0.379 e. The quantitative estimate of drug-likeness (QED) is 0.648. The van der Waals surface area contributed by atoms with Gasteiger partial charge in [-0.1, -0.05) is 0 Å². The van der Waals surface area contributed by atoms with Gasteiger partial charge in [0.2, 0.25) is 5.82 Å². The fourth-order valence-electron chi connectivity index (χ4n) is 2.82. The lowest BCUT2D eigenvalue weighted by Gasteiger charge is -2.37. The van der Waals surface area contributed by atoms with Crippen LogP contribution < -0.4 is 5.32 Å². The molecular formula is C13H23N5O3. The lowest BCUT2D eigenvalue weighted by Crippen LogP contribution is -2.50. The minimum atomic E-state index is -0.382. The van der Waals surface area contributed by atoms with E-state index >= 15 is 0 Å². The maximum atomic E-state index is 11.1. The lowest BCUT2D eigenvalue weighted by atomic mass is 10.2. The van der Waals surface area contributed by atoms with Crippen molar-refractivity contribution in [1.82, 2.24) is 14.7 Å². The first-order valence-electron chi connectivity index (χ1n) is 7.17. The van der Waals surface area contributed by atoms with Crippen LogP contribution in [0, 0.1) is 17.0 Å². The van der Waals surface area contributed by atoms with Crippen molar-refractivity contribution in [2.45, 2.75) is 32.9 Å². The Morgan fingerprint density at radius 3 is 2.95 bits per heavy atom. The van der Waals surface area contributed by atoms with Gasteiger partial charge in [0.05, 0.1) is 18.1 Å². The Morgan fingerprint density at radius 2 is 2.33 bits per heavy atom. The van der Waals surface area contributed by atoms with Gasteiger partial charge in [-0.2, -0.15) is 5.10 Å². The molecule has 2 rings (SSSR count). The van der Waals surface area contributed by atoms with Gasteiger partial charge < -0.3 is 10.1 Å². The Hall–Kier alpha value is -1.67. The predicted octanol–water partition coefficient (Wildman–Crippen LogP) is 1.16. The van der Waals surface area contributed by atoms with Crippen LogP contribution in [-0.4, -0.2) is 58.0 Å². The first-order chi connectivity index (χ1) is 9.91. The Kier molecular flexibility index (Phi) is 4.79. The van der Waals surface area contributed by atoms with E-state index < -0.39 is 0 Å².